The summed E-state index contributed by atoms with van der Waals surface area (Å²) in [6.07, 6.45) is 5.06. The number of aromatic nitrogens is 2. The highest BCUT2D eigenvalue weighted by Gasteiger charge is 2.28. The first-order chi connectivity index (χ1) is 8.56. The molecule has 0 aliphatic carbocycles. The zero-order chi connectivity index (χ0) is 13.3. The van der Waals surface area contributed by atoms with Crippen molar-refractivity contribution in [3.63, 3.8) is 0 Å². The van der Waals surface area contributed by atoms with Crippen molar-refractivity contribution in [2.45, 2.75) is 45.2 Å². The maximum Gasteiger partial charge on any atom is 0.360 e. The van der Waals surface area contributed by atoms with Gasteiger partial charge in [-0.3, -0.25) is 0 Å². The molecule has 2 heterocycles. The predicted molar refractivity (Wildman–Crippen MR) is 69.0 cm³/mol. The number of rotatable bonds is 2. The zero-order valence-corrected chi connectivity index (χ0v) is 11.1. The number of nitrogens with two attached hydrogens (primary N) is 1. The number of imidazole rings is 1. The fourth-order valence-corrected chi connectivity index (χ4v) is 2.62. The summed E-state index contributed by atoms with van der Waals surface area (Å²) in [4.78, 5) is 15.5. The molecule has 1 aromatic heterocycles. The van der Waals surface area contributed by atoms with Crippen molar-refractivity contribution in [1.82, 2.24) is 9.66 Å². The van der Waals surface area contributed by atoms with Crippen LogP contribution in [-0.4, -0.2) is 34.8 Å². The average molecular weight is 252 g/mol. The van der Waals surface area contributed by atoms with Crippen LogP contribution in [0.15, 0.2) is 6.33 Å². The van der Waals surface area contributed by atoms with Crippen LogP contribution < -0.4 is 10.7 Å². The van der Waals surface area contributed by atoms with Crippen molar-refractivity contribution in [3.05, 3.63) is 12.0 Å². The van der Waals surface area contributed by atoms with Gasteiger partial charge in [0.25, 0.3) is 0 Å². The van der Waals surface area contributed by atoms with E-state index in [-0.39, 0.29) is 5.69 Å². The number of carbonyl (C=O) groups is 1. The van der Waals surface area contributed by atoms with Crippen molar-refractivity contribution >= 4 is 11.8 Å². The Hall–Kier alpha value is -1.72. The van der Waals surface area contributed by atoms with Gasteiger partial charge in [0.1, 0.15) is 6.33 Å². The Morgan fingerprint density at radius 1 is 1.44 bits per heavy atom. The summed E-state index contributed by atoms with van der Waals surface area (Å²) in [5.41, 5.74) is 6.18. The molecule has 6 nitrogen and oxygen atoms in total. The maximum atomic E-state index is 11.5. The first-order valence-electron chi connectivity index (χ1n) is 6.26. The van der Waals surface area contributed by atoms with Crippen LogP contribution in [0.25, 0.3) is 0 Å². The quantitative estimate of drug-likeness (QED) is 0.799. The van der Waals surface area contributed by atoms with E-state index in [1.165, 1.54) is 13.5 Å². The summed E-state index contributed by atoms with van der Waals surface area (Å²) in [6, 6.07) is 0.770. The van der Waals surface area contributed by atoms with Gasteiger partial charge in [0, 0.05) is 12.1 Å². The summed E-state index contributed by atoms with van der Waals surface area (Å²) in [5.74, 6) is -0.147. The lowest BCUT2D eigenvalue weighted by Gasteiger charge is -2.41. The molecule has 18 heavy (non-hydrogen) atoms. The van der Waals surface area contributed by atoms with Gasteiger partial charge in [0.15, 0.2) is 11.5 Å². The van der Waals surface area contributed by atoms with E-state index in [2.05, 4.69) is 28.6 Å². The number of methoxy groups -OCH3 is 1. The molecule has 0 bridgehead atoms. The predicted octanol–water partition coefficient (Wildman–Crippen LogP) is 1.15. The number of nitrogens with zero attached hydrogens (tertiary/aromatic N) is 3. The van der Waals surface area contributed by atoms with Gasteiger partial charge >= 0.3 is 5.97 Å². The van der Waals surface area contributed by atoms with Gasteiger partial charge in [-0.05, 0) is 33.1 Å². The Bertz CT molecular complexity index is 433. The van der Waals surface area contributed by atoms with Crippen LogP contribution in [0.4, 0.5) is 5.82 Å². The number of ether oxygens (including phenoxy) is 1. The smallest absolute Gasteiger partial charge is 0.360 e. The molecule has 2 unspecified atom stereocenters. The largest absolute Gasteiger partial charge is 0.464 e. The third kappa shape index (κ3) is 2.02. The Kier molecular flexibility index (Phi) is 3.45. The van der Waals surface area contributed by atoms with Crippen LogP contribution in [0, 0.1) is 0 Å². The van der Waals surface area contributed by atoms with E-state index in [0.29, 0.717) is 17.9 Å². The van der Waals surface area contributed by atoms with E-state index in [1.807, 2.05) is 0 Å². The minimum Gasteiger partial charge on any atom is -0.464 e. The van der Waals surface area contributed by atoms with Gasteiger partial charge in [-0.1, -0.05) is 0 Å². The molecule has 2 N–H and O–H groups in total. The fourth-order valence-electron chi connectivity index (χ4n) is 2.62. The Morgan fingerprint density at radius 3 is 2.61 bits per heavy atom. The van der Waals surface area contributed by atoms with Crippen LogP contribution in [0.3, 0.4) is 0 Å². The lowest BCUT2D eigenvalue weighted by atomic mass is 10.00. The number of piperidine rings is 1. The minimum atomic E-state index is -0.497. The number of carbonyl (C=O) groups excluding carboxylic acids is 1. The van der Waals surface area contributed by atoms with Crippen LogP contribution in [0.1, 0.15) is 43.6 Å². The highest BCUT2D eigenvalue weighted by Crippen LogP contribution is 2.24. The first kappa shape index (κ1) is 12.7. The fraction of sp³-hybridized carbons (Fsp3) is 0.667. The highest BCUT2D eigenvalue weighted by atomic mass is 16.5. The highest BCUT2D eigenvalue weighted by molar-refractivity contribution is 5.92. The van der Waals surface area contributed by atoms with Crippen LogP contribution in [0.2, 0.25) is 0 Å². The lowest BCUT2D eigenvalue weighted by molar-refractivity contribution is 0.0596. The molecule has 0 saturated carbocycles. The Labute approximate surface area is 107 Å². The first-order valence-corrected chi connectivity index (χ1v) is 6.26. The molecule has 0 spiro atoms. The third-order valence-corrected chi connectivity index (χ3v) is 3.56. The van der Waals surface area contributed by atoms with E-state index >= 15 is 0 Å². The second kappa shape index (κ2) is 4.88. The summed E-state index contributed by atoms with van der Waals surface area (Å²) >= 11 is 0. The number of nitrogen functional groups attached to an aromatic ring is 1. The zero-order valence-electron chi connectivity index (χ0n) is 11.1. The molecule has 0 aromatic carbocycles. The molecule has 1 fully saturated rings. The Morgan fingerprint density at radius 2 is 2.06 bits per heavy atom. The topological polar surface area (TPSA) is 73.4 Å². The van der Waals surface area contributed by atoms with Crippen LogP contribution >= 0.6 is 0 Å². The summed E-state index contributed by atoms with van der Waals surface area (Å²) in [7, 11) is 1.33. The monoisotopic (exact) mass is 252 g/mol. The van der Waals surface area contributed by atoms with Crippen molar-refractivity contribution < 1.29 is 9.53 Å². The molecule has 0 amide bonds. The molecule has 1 saturated heterocycles. The summed E-state index contributed by atoms with van der Waals surface area (Å²) in [6.45, 7) is 4.32. The van der Waals surface area contributed by atoms with Crippen LogP contribution in [-0.2, 0) is 4.74 Å². The second-order valence-corrected chi connectivity index (χ2v) is 4.82. The minimum absolute atomic E-state index is 0.183. The molecule has 1 aromatic rings. The summed E-state index contributed by atoms with van der Waals surface area (Å²) in [5, 5.41) is 2.18. The third-order valence-electron chi connectivity index (χ3n) is 3.56. The molecule has 2 atom stereocenters. The van der Waals surface area contributed by atoms with E-state index in [9.17, 15) is 4.79 Å². The molecule has 1 aliphatic rings. The van der Waals surface area contributed by atoms with Gasteiger partial charge in [0.2, 0.25) is 0 Å². The molecular formula is C12H20N4O2. The van der Waals surface area contributed by atoms with E-state index in [1.54, 1.807) is 11.0 Å². The Balaban J connectivity index is 2.33. The van der Waals surface area contributed by atoms with E-state index in [0.717, 1.165) is 12.8 Å². The van der Waals surface area contributed by atoms with Gasteiger partial charge < -0.3 is 15.5 Å². The lowest BCUT2D eigenvalue weighted by Crippen LogP contribution is -2.51. The van der Waals surface area contributed by atoms with Crippen molar-refractivity contribution in [1.29, 1.82) is 0 Å². The maximum absolute atomic E-state index is 11.5. The van der Waals surface area contributed by atoms with Crippen molar-refractivity contribution in [3.8, 4) is 0 Å². The standard InChI is InChI=1S/C12H20N4O2/c1-8-5-4-6-9(2)16(8)15-7-14-10(11(15)13)12(17)18-3/h7-9H,4-6,13H2,1-3H3. The average Bonchev–Trinajstić information content (AvgIpc) is 2.71. The number of hydrogen-bond acceptors (Lipinski definition) is 5. The molecule has 2 rings (SSSR count). The van der Waals surface area contributed by atoms with Gasteiger partial charge in [-0.25, -0.2) is 14.5 Å². The molecule has 100 valence electrons. The van der Waals surface area contributed by atoms with Gasteiger partial charge in [-0.15, -0.1) is 0 Å². The van der Waals surface area contributed by atoms with Gasteiger partial charge in [0.05, 0.1) is 7.11 Å². The molecule has 0 radical (unpaired) electrons. The van der Waals surface area contributed by atoms with E-state index in [4.69, 9.17) is 5.73 Å². The van der Waals surface area contributed by atoms with Crippen LogP contribution in [0.5, 0.6) is 0 Å². The van der Waals surface area contributed by atoms with Gasteiger partial charge in [-0.2, -0.15) is 0 Å². The number of hydrogen-bond donors (Lipinski definition) is 1. The molecule has 1 aliphatic heterocycles. The number of anilines is 1. The normalized spacial score (nSPS) is 24.1. The number of esters is 1. The van der Waals surface area contributed by atoms with Crippen molar-refractivity contribution in [2.75, 3.05) is 17.9 Å². The summed E-state index contributed by atoms with van der Waals surface area (Å²) < 4.78 is 6.44. The van der Waals surface area contributed by atoms with E-state index < -0.39 is 5.97 Å². The molecule has 6 heteroatoms. The SMILES string of the molecule is COC(=O)c1ncn(N2C(C)CCCC2C)c1N. The van der Waals surface area contributed by atoms with Crippen molar-refractivity contribution in [2.24, 2.45) is 0 Å². The second-order valence-electron chi connectivity index (χ2n) is 4.82. The molecular weight excluding hydrogens is 232 g/mol.